The maximum Gasteiger partial charge on any atom is 0.138 e. The SMILES string of the molecule is CC#CCC(O)Cl. The zero-order valence-corrected chi connectivity index (χ0v) is 4.87. The monoisotopic (exact) mass is 118 g/mol. The van der Waals surface area contributed by atoms with E-state index in [2.05, 4.69) is 11.8 Å². The first-order chi connectivity index (χ1) is 3.27. The molecule has 0 aromatic carbocycles. The summed E-state index contributed by atoms with van der Waals surface area (Å²) in [5.41, 5.74) is -0.799. The number of alkyl halides is 1. The minimum Gasteiger partial charge on any atom is -0.377 e. The molecule has 0 radical (unpaired) electrons. The molecule has 7 heavy (non-hydrogen) atoms. The average Bonchev–Trinajstić information content (AvgIpc) is 1.61. The normalized spacial score (nSPS) is 11.9. The van der Waals surface area contributed by atoms with Gasteiger partial charge >= 0.3 is 0 Å². The van der Waals surface area contributed by atoms with Crippen LogP contribution < -0.4 is 0 Å². The molecule has 0 bridgehead atoms. The van der Waals surface area contributed by atoms with Crippen LogP contribution in [0.4, 0.5) is 0 Å². The van der Waals surface area contributed by atoms with Crippen molar-refractivity contribution in [2.75, 3.05) is 0 Å². The molecule has 0 fully saturated rings. The minimum absolute atomic E-state index is 0.359. The van der Waals surface area contributed by atoms with E-state index in [0.29, 0.717) is 6.42 Å². The van der Waals surface area contributed by atoms with Crippen molar-refractivity contribution in [1.29, 1.82) is 0 Å². The minimum atomic E-state index is -0.799. The quantitative estimate of drug-likeness (QED) is 0.402. The highest BCUT2D eigenvalue weighted by atomic mass is 35.5. The molecule has 1 nitrogen and oxygen atoms in total. The van der Waals surface area contributed by atoms with Gasteiger partial charge in [0.2, 0.25) is 0 Å². The lowest BCUT2D eigenvalue weighted by molar-refractivity contribution is 0.262. The third kappa shape index (κ3) is 5.81. The first kappa shape index (κ1) is 6.81. The standard InChI is InChI=1S/C5H7ClO/c1-2-3-4-5(6)7/h5,7H,4H2,1H3. The van der Waals surface area contributed by atoms with E-state index < -0.39 is 5.56 Å². The summed E-state index contributed by atoms with van der Waals surface area (Å²) in [5, 5.41) is 8.35. The summed E-state index contributed by atoms with van der Waals surface area (Å²) in [6.07, 6.45) is 0.359. The summed E-state index contributed by atoms with van der Waals surface area (Å²) >= 11 is 5.11. The van der Waals surface area contributed by atoms with Crippen LogP contribution in [0, 0.1) is 11.8 Å². The second kappa shape index (κ2) is 3.98. The third-order valence-corrected chi connectivity index (χ3v) is 0.602. The van der Waals surface area contributed by atoms with Gasteiger partial charge in [-0.2, -0.15) is 0 Å². The van der Waals surface area contributed by atoms with Gasteiger partial charge < -0.3 is 5.11 Å². The first-order valence-corrected chi connectivity index (χ1v) is 2.42. The van der Waals surface area contributed by atoms with Gasteiger partial charge in [-0.05, 0) is 6.92 Å². The van der Waals surface area contributed by atoms with Gasteiger partial charge in [-0.25, -0.2) is 0 Å². The van der Waals surface area contributed by atoms with Crippen LogP contribution >= 0.6 is 11.6 Å². The van der Waals surface area contributed by atoms with E-state index in [9.17, 15) is 0 Å². The molecule has 0 amide bonds. The molecule has 0 saturated heterocycles. The predicted molar refractivity (Wildman–Crippen MR) is 29.9 cm³/mol. The van der Waals surface area contributed by atoms with Crippen molar-refractivity contribution in [3.05, 3.63) is 0 Å². The van der Waals surface area contributed by atoms with Crippen molar-refractivity contribution in [3.8, 4) is 11.8 Å². The van der Waals surface area contributed by atoms with Gasteiger partial charge in [0.05, 0.1) is 0 Å². The van der Waals surface area contributed by atoms with Gasteiger partial charge in [-0.1, -0.05) is 17.5 Å². The molecule has 0 saturated carbocycles. The lowest BCUT2D eigenvalue weighted by Crippen LogP contribution is -1.90. The summed E-state index contributed by atoms with van der Waals surface area (Å²) in [4.78, 5) is 0. The summed E-state index contributed by atoms with van der Waals surface area (Å²) < 4.78 is 0. The number of aliphatic hydroxyl groups is 1. The third-order valence-electron chi connectivity index (χ3n) is 0.447. The molecule has 1 N–H and O–H groups in total. The Morgan fingerprint density at radius 3 is 2.57 bits per heavy atom. The molecular weight excluding hydrogens is 112 g/mol. The molecule has 0 aliphatic carbocycles. The smallest absolute Gasteiger partial charge is 0.138 e. The first-order valence-electron chi connectivity index (χ1n) is 1.99. The molecular formula is C5H7ClO. The lowest BCUT2D eigenvalue weighted by atomic mass is 10.4. The fourth-order valence-corrected chi connectivity index (χ4v) is 0.263. The van der Waals surface area contributed by atoms with Crippen molar-refractivity contribution >= 4 is 11.6 Å². The molecule has 0 aliphatic heterocycles. The fraction of sp³-hybridized carbons (Fsp3) is 0.600. The van der Waals surface area contributed by atoms with Crippen LogP contribution in [0.25, 0.3) is 0 Å². The van der Waals surface area contributed by atoms with Crippen LogP contribution in [-0.2, 0) is 0 Å². The van der Waals surface area contributed by atoms with E-state index in [-0.39, 0.29) is 0 Å². The summed E-state index contributed by atoms with van der Waals surface area (Å²) in [6, 6.07) is 0. The molecule has 0 aromatic rings. The van der Waals surface area contributed by atoms with Crippen molar-refractivity contribution in [2.45, 2.75) is 18.9 Å². The second-order valence-corrected chi connectivity index (χ2v) is 1.57. The van der Waals surface area contributed by atoms with Crippen molar-refractivity contribution < 1.29 is 5.11 Å². The van der Waals surface area contributed by atoms with E-state index in [0.717, 1.165) is 0 Å². The Kier molecular flexibility index (Phi) is 3.87. The van der Waals surface area contributed by atoms with Gasteiger partial charge in [0.15, 0.2) is 0 Å². The number of aliphatic hydroxyl groups excluding tert-OH is 1. The maximum atomic E-state index is 8.35. The Labute approximate surface area is 48.3 Å². The molecule has 0 rings (SSSR count). The Morgan fingerprint density at radius 1 is 1.86 bits per heavy atom. The highest BCUT2D eigenvalue weighted by molar-refractivity contribution is 6.19. The fourth-order valence-electron chi connectivity index (χ4n) is 0.186. The number of halogens is 1. The summed E-state index contributed by atoms with van der Waals surface area (Å²) in [6.45, 7) is 1.71. The lowest BCUT2D eigenvalue weighted by Gasteiger charge is -1.88. The molecule has 1 atom stereocenters. The van der Waals surface area contributed by atoms with E-state index in [4.69, 9.17) is 16.7 Å². The zero-order valence-electron chi connectivity index (χ0n) is 4.11. The average molecular weight is 119 g/mol. The maximum absolute atomic E-state index is 8.35. The molecule has 2 heteroatoms. The van der Waals surface area contributed by atoms with Crippen LogP contribution in [0.1, 0.15) is 13.3 Å². The Hall–Kier alpha value is -0.190. The van der Waals surface area contributed by atoms with Crippen LogP contribution in [0.3, 0.4) is 0 Å². The van der Waals surface area contributed by atoms with Gasteiger partial charge in [-0.15, -0.1) is 5.92 Å². The Morgan fingerprint density at radius 2 is 2.43 bits per heavy atom. The summed E-state index contributed by atoms with van der Waals surface area (Å²) in [7, 11) is 0. The Balaban J connectivity index is 3.08. The van der Waals surface area contributed by atoms with Crippen LogP contribution in [0.5, 0.6) is 0 Å². The molecule has 1 unspecified atom stereocenters. The number of hydrogen-bond donors (Lipinski definition) is 1. The van der Waals surface area contributed by atoms with E-state index in [1.165, 1.54) is 0 Å². The number of rotatable bonds is 1. The highest BCUT2D eigenvalue weighted by Crippen LogP contribution is 1.92. The van der Waals surface area contributed by atoms with Crippen molar-refractivity contribution in [1.82, 2.24) is 0 Å². The van der Waals surface area contributed by atoms with Crippen molar-refractivity contribution in [2.24, 2.45) is 0 Å². The molecule has 0 spiro atoms. The predicted octanol–water partition coefficient (Wildman–Crippen LogP) is 0.957. The molecule has 0 aromatic heterocycles. The van der Waals surface area contributed by atoms with Crippen molar-refractivity contribution in [3.63, 3.8) is 0 Å². The summed E-state index contributed by atoms with van der Waals surface area (Å²) in [5.74, 6) is 5.22. The number of hydrogen-bond acceptors (Lipinski definition) is 1. The second-order valence-electron chi connectivity index (χ2n) is 1.07. The van der Waals surface area contributed by atoms with E-state index in [1.807, 2.05) is 0 Å². The zero-order chi connectivity index (χ0) is 5.70. The van der Waals surface area contributed by atoms with Crippen LogP contribution in [0.2, 0.25) is 0 Å². The van der Waals surface area contributed by atoms with E-state index >= 15 is 0 Å². The topological polar surface area (TPSA) is 20.2 Å². The van der Waals surface area contributed by atoms with Gasteiger partial charge in [0.1, 0.15) is 5.56 Å². The van der Waals surface area contributed by atoms with Crippen LogP contribution in [-0.4, -0.2) is 10.7 Å². The van der Waals surface area contributed by atoms with E-state index in [1.54, 1.807) is 6.92 Å². The van der Waals surface area contributed by atoms with Gasteiger partial charge in [0.25, 0.3) is 0 Å². The van der Waals surface area contributed by atoms with Crippen LogP contribution in [0.15, 0.2) is 0 Å². The molecule has 40 valence electrons. The van der Waals surface area contributed by atoms with Gasteiger partial charge in [-0.3, -0.25) is 0 Å². The largest absolute Gasteiger partial charge is 0.377 e. The molecule has 0 aliphatic rings. The molecule has 0 heterocycles. The van der Waals surface area contributed by atoms with Gasteiger partial charge in [0, 0.05) is 6.42 Å². The Bertz CT molecular complexity index is 88.0. The highest BCUT2D eigenvalue weighted by Gasteiger charge is 1.88.